The molecule has 0 saturated heterocycles. The lowest BCUT2D eigenvalue weighted by Gasteiger charge is -2.13. The van der Waals surface area contributed by atoms with Gasteiger partial charge in [0.2, 0.25) is 0 Å². The molecule has 216 valence electrons. The van der Waals surface area contributed by atoms with E-state index in [9.17, 15) is 0 Å². The van der Waals surface area contributed by atoms with Crippen molar-refractivity contribution in [1.82, 2.24) is 24.9 Å². The topological polar surface area (TPSA) is 64.5 Å². The molecule has 2 aromatic heterocycles. The summed E-state index contributed by atoms with van der Waals surface area (Å²) in [6.07, 6.45) is 0. The van der Waals surface area contributed by atoms with Gasteiger partial charge in [0, 0.05) is 27.8 Å². The summed E-state index contributed by atoms with van der Waals surface area (Å²) >= 11 is 0. The van der Waals surface area contributed by atoms with Gasteiger partial charge in [-0.05, 0) is 35.4 Å². The summed E-state index contributed by atoms with van der Waals surface area (Å²) in [5, 5.41) is 0. The van der Waals surface area contributed by atoms with Gasteiger partial charge in [-0.3, -0.25) is 0 Å². The summed E-state index contributed by atoms with van der Waals surface area (Å²) in [6, 6.07) is 55.2. The highest BCUT2D eigenvalue weighted by Gasteiger charge is 2.17. The van der Waals surface area contributed by atoms with Crippen LogP contribution in [0.2, 0.25) is 0 Å². The minimum absolute atomic E-state index is 0.593. The molecule has 0 aliphatic carbocycles. The highest BCUT2D eigenvalue weighted by atomic mass is 15.0. The van der Waals surface area contributed by atoms with Crippen molar-refractivity contribution in [2.45, 2.75) is 0 Å². The standard InChI is InChI=1S/C41H27N5/c1-4-14-28(15-5-1)31-20-12-21-32(26-31)37-38(43-36-25-11-10-24-35(36)42-37)33-22-13-23-34(27-33)41-45-39(29-16-6-2-7-17-29)44-40(46-41)30-18-8-3-9-19-30/h1-27H. The van der Waals surface area contributed by atoms with Gasteiger partial charge in [0.05, 0.1) is 22.4 Å². The van der Waals surface area contributed by atoms with E-state index in [0.29, 0.717) is 17.5 Å². The van der Waals surface area contributed by atoms with Gasteiger partial charge in [0.15, 0.2) is 17.5 Å². The first-order chi connectivity index (χ1) is 22.8. The summed E-state index contributed by atoms with van der Waals surface area (Å²) in [7, 11) is 0. The Morgan fingerprint density at radius 3 is 1.09 bits per heavy atom. The molecule has 5 heteroatoms. The van der Waals surface area contributed by atoms with Crippen LogP contribution in [0.1, 0.15) is 0 Å². The molecule has 5 nitrogen and oxygen atoms in total. The smallest absolute Gasteiger partial charge is 0.164 e. The minimum Gasteiger partial charge on any atom is -0.244 e. The molecule has 46 heavy (non-hydrogen) atoms. The van der Waals surface area contributed by atoms with Crippen LogP contribution >= 0.6 is 0 Å². The van der Waals surface area contributed by atoms with Gasteiger partial charge >= 0.3 is 0 Å². The molecule has 8 rings (SSSR count). The van der Waals surface area contributed by atoms with Crippen LogP contribution in [0.25, 0.3) is 78.8 Å². The highest BCUT2D eigenvalue weighted by Crippen LogP contribution is 2.35. The average molecular weight is 590 g/mol. The van der Waals surface area contributed by atoms with Crippen LogP contribution in [-0.2, 0) is 0 Å². The van der Waals surface area contributed by atoms with Crippen LogP contribution in [0.5, 0.6) is 0 Å². The minimum atomic E-state index is 0.593. The fourth-order valence-corrected chi connectivity index (χ4v) is 5.62. The Morgan fingerprint density at radius 2 is 0.587 bits per heavy atom. The molecule has 0 N–H and O–H groups in total. The number of hydrogen-bond donors (Lipinski definition) is 0. The molecule has 8 aromatic rings. The summed E-state index contributed by atoms with van der Waals surface area (Å²) < 4.78 is 0. The molecule has 0 spiro atoms. The Kier molecular flexibility index (Phi) is 7.09. The van der Waals surface area contributed by atoms with Crippen LogP contribution in [0.4, 0.5) is 0 Å². The maximum Gasteiger partial charge on any atom is 0.164 e. The molecule has 0 saturated carbocycles. The molecule has 0 bridgehead atoms. The van der Waals surface area contributed by atoms with Crippen LogP contribution in [0.15, 0.2) is 164 Å². The van der Waals surface area contributed by atoms with Crippen LogP contribution in [-0.4, -0.2) is 24.9 Å². The first kappa shape index (κ1) is 27.2. The molecule has 0 fully saturated rings. The predicted octanol–water partition coefficient (Wildman–Crippen LogP) is 9.82. The zero-order valence-corrected chi connectivity index (χ0v) is 24.8. The molecule has 0 atom stereocenters. The van der Waals surface area contributed by atoms with Gasteiger partial charge in [-0.1, -0.05) is 140 Å². The third-order valence-electron chi connectivity index (χ3n) is 7.91. The van der Waals surface area contributed by atoms with E-state index in [4.69, 9.17) is 24.9 Å². The van der Waals surface area contributed by atoms with Crippen LogP contribution < -0.4 is 0 Å². The van der Waals surface area contributed by atoms with E-state index in [1.165, 1.54) is 0 Å². The molecule has 6 aromatic carbocycles. The van der Waals surface area contributed by atoms with E-state index in [1.54, 1.807) is 0 Å². The maximum atomic E-state index is 5.17. The lowest BCUT2D eigenvalue weighted by atomic mass is 9.98. The van der Waals surface area contributed by atoms with Gasteiger partial charge in [-0.25, -0.2) is 24.9 Å². The Bertz CT molecular complexity index is 2250. The number of fused-ring (bicyclic) bond motifs is 1. The second-order valence-electron chi connectivity index (χ2n) is 11.0. The van der Waals surface area contributed by atoms with Crippen molar-refractivity contribution in [2.75, 3.05) is 0 Å². The van der Waals surface area contributed by atoms with Gasteiger partial charge in [-0.15, -0.1) is 0 Å². The third-order valence-corrected chi connectivity index (χ3v) is 7.91. The van der Waals surface area contributed by atoms with Crippen molar-refractivity contribution in [2.24, 2.45) is 0 Å². The highest BCUT2D eigenvalue weighted by molar-refractivity contribution is 5.88. The Labute approximate surface area is 267 Å². The summed E-state index contributed by atoms with van der Waals surface area (Å²) in [4.78, 5) is 25.1. The van der Waals surface area contributed by atoms with Gasteiger partial charge in [-0.2, -0.15) is 0 Å². The number of aromatic nitrogens is 5. The summed E-state index contributed by atoms with van der Waals surface area (Å²) in [5.41, 5.74) is 10.2. The zero-order valence-electron chi connectivity index (χ0n) is 24.8. The molecule has 2 heterocycles. The zero-order chi connectivity index (χ0) is 30.7. The second-order valence-corrected chi connectivity index (χ2v) is 11.0. The summed E-state index contributed by atoms with van der Waals surface area (Å²) in [5.74, 6) is 1.84. The Hall–Kier alpha value is -6.33. The molecule has 0 amide bonds. The normalized spacial score (nSPS) is 11.0. The van der Waals surface area contributed by atoms with Crippen LogP contribution in [0, 0.1) is 0 Å². The third kappa shape index (κ3) is 5.42. The first-order valence-corrected chi connectivity index (χ1v) is 15.2. The average Bonchev–Trinajstić information content (AvgIpc) is 3.15. The first-order valence-electron chi connectivity index (χ1n) is 15.2. The molecule has 0 radical (unpaired) electrons. The molecular weight excluding hydrogens is 562 g/mol. The van der Waals surface area contributed by atoms with Crippen molar-refractivity contribution in [1.29, 1.82) is 0 Å². The Balaban J connectivity index is 1.29. The second kappa shape index (κ2) is 12.0. The molecular formula is C41H27N5. The van der Waals surface area contributed by atoms with E-state index < -0.39 is 0 Å². The quantitative estimate of drug-likeness (QED) is 0.193. The van der Waals surface area contributed by atoms with E-state index in [-0.39, 0.29) is 0 Å². The predicted molar refractivity (Wildman–Crippen MR) is 186 cm³/mol. The maximum absolute atomic E-state index is 5.17. The number of hydrogen-bond acceptors (Lipinski definition) is 5. The fourth-order valence-electron chi connectivity index (χ4n) is 5.62. The van der Waals surface area contributed by atoms with E-state index >= 15 is 0 Å². The van der Waals surface area contributed by atoms with Gasteiger partial charge < -0.3 is 0 Å². The lowest BCUT2D eigenvalue weighted by Crippen LogP contribution is -2.00. The van der Waals surface area contributed by atoms with Gasteiger partial charge in [0.1, 0.15) is 0 Å². The SMILES string of the molecule is c1ccc(-c2cccc(-c3nc4ccccc4nc3-c3cccc(-c4nc(-c5ccccc5)nc(-c5ccccc5)n4)c3)c2)cc1. The molecule has 0 aliphatic heterocycles. The van der Waals surface area contributed by atoms with Crippen molar-refractivity contribution < 1.29 is 0 Å². The van der Waals surface area contributed by atoms with Gasteiger partial charge in [0.25, 0.3) is 0 Å². The van der Waals surface area contributed by atoms with Crippen molar-refractivity contribution in [3.05, 3.63) is 164 Å². The van der Waals surface area contributed by atoms with Crippen molar-refractivity contribution in [3.8, 4) is 67.8 Å². The largest absolute Gasteiger partial charge is 0.244 e. The number of rotatable bonds is 6. The molecule has 0 aliphatic rings. The fraction of sp³-hybridized carbons (Fsp3) is 0. The number of benzene rings is 6. The molecule has 0 unspecified atom stereocenters. The summed E-state index contributed by atoms with van der Waals surface area (Å²) in [6.45, 7) is 0. The lowest BCUT2D eigenvalue weighted by molar-refractivity contribution is 1.07. The number of nitrogens with zero attached hydrogens (tertiary/aromatic N) is 5. The van der Waals surface area contributed by atoms with E-state index in [2.05, 4.69) is 60.7 Å². The van der Waals surface area contributed by atoms with Crippen molar-refractivity contribution in [3.63, 3.8) is 0 Å². The monoisotopic (exact) mass is 589 g/mol. The van der Waals surface area contributed by atoms with E-state index in [0.717, 1.165) is 61.4 Å². The van der Waals surface area contributed by atoms with Crippen molar-refractivity contribution >= 4 is 11.0 Å². The Morgan fingerprint density at radius 1 is 0.239 bits per heavy atom. The van der Waals surface area contributed by atoms with E-state index in [1.807, 2.05) is 103 Å². The number of para-hydroxylation sites is 2. The van der Waals surface area contributed by atoms with Crippen LogP contribution in [0.3, 0.4) is 0 Å².